The molecule has 24 heavy (non-hydrogen) atoms. The lowest BCUT2D eigenvalue weighted by Crippen LogP contribution is -2.17. The quantitative estimate of drug-likeness (QED) is 0.390. The van der Waals surface area contributed by atoms with Crippen LogP contribution in [0.2, 0.25) is 0 Å². The fourth-order valence-corrected chi connectivity index (χ4v) is 2.78. The van der Waals surface area contributed by atoms with Gasteiger partial charge in [0.2, 0.25) is 0 Å². The summed E-state index contributed by atoms with van der Waals surface area (Å²) in [6.45, 7) is 8.54. The topological polar surface area (TPSA) is 66.8 Å². The van der Waals surface area contributed by atoms with Crippen LogP contribution in [-0.4, -0.2) is 22.8 Å². The van der Waals surface area contributed by atoms with Gasteiger partial charge in [0.05, 0.1) is 6.61 Å². The van der Waals surface area contributed by atoms with E-state index in [4.69, 9.17) is 4.74 Å². The predicted octanol–water partition coefficient (Wildman–Crippen LogP) is 4.69. The van der Waals surface area contributed by atoms with Crippen LogP contribution >= 0.6 is 0 Å². The zero-order valence-corrected chi connectivity index (χ0v) is 15.2. The zero-order valence-electron chi connectivity index (χ0n) is 15.2. The number of hydrogen-bond donors (Lipinski definition) is 2. The molecule has 0 aliphatic carbocycles. The third-order valence-electron chi connectivity index (χ3n) is 4.37. The molecule has 0 fully saturated rings. The van der Waals surface area contributed by atoms with Crippen molar-refractivity contribution in [1.29, 1.82) is 0 Å². The van der Waals surface area contributed by atoms with Gasteiger partial charge in [-0.05, 0) is 49.3 Å². The first-order valence-electron chi connectivity index (χ1n) is 8.58. The lowest BCUT2D eigenvalue weighted by atomic mass is 9.79. The van der Waals surface area contributed by atoms with Gasteiger partial charge in [-0.2, -0.15) is 0 Å². The second kappa shape index (κ2) is 9.36. The first-order valence-corrected chi connectivity index (χ1v) is 8.58. The smallest absolute Gasteiger partial charge is 0.330 e. The lowest BCUT2D eigenvalue weighted by molar-refractivity contribution is -0.138. The van der Waals surface area contributed by atoms with Crippen LogP contribution in [0.3, 0.4) is 0 Å². The molecule has 1 atom stereocenters. The van der Waals surface area contributed by atoms with Crippen molar-refractivity contribution in [2.24, 2.45) is 5.92 Å². The maximum atomic E-state index is 11.2. The van der Waals surface area contributed by atoms with Crippen LogP contribution in [0, 0.1) is 5.92 Å². The van der Waals surface area contributed by atoms with Crippen LogP contribution < -0.4 is 0 Å². The van der Waals surface area contributed by atoms with Crippen LogP contribution in [0.5, 0.6) is 11.5 Å². The Hall–Kier alpha value is -1.97. The monoisotopic (exact) mass is 334 g/mol. The number of carbonyl (C=O) groups excluding carboxylic acids is 1. The molecule has 4 nitrogen and oxygen atoms in total. The summed E-state index contributed by atoms with van der Waals surface area (Å²) in [5, 5.41) is 19.7. The highest BCUT2D eigenvalue weighted by molar-refractivity contribution is 5.81. The minimum Gasteiger partial charge on any atom is -0.508 e. The van der Waals surface area contributed by atoms with Gasteiger partial charge in [0.1, 0.15) is 11.5 Å². The number of phenols is 2. The lowest BCUT2D eigenvalue weighted by Gasteiger charge is -2.27. The normalized spacial score (nSPS) is 13.2. The van der Waals surface area contributed by atoms with E-state index in [2.05, 4.69) is 20.8 Å². The first-order chi connectivity index (χ1) is 11.3. The third-order valence-corrected chi connectivity index (χ3v) is 4.37. The third kappa shape index (κ3) is 6.65. The van der Waals surface area contributed by atoms with Gasteiger partial charge in [-0.3, -0.25) is 0 Å². The van der Waals surface area contributed by atoms with Crippen LogP contribution in [0.15, 0.2) is 30.4 Å². The van der Waals surface area contributed by atoms with Gasteiger partial charge in [0.15, 0.2) is 0 Å². The summed E-state index contributed by atoms with van der Waals surface area (Å²) >= 11 is 0. The SMILES string of the molecule is C/C=C/C(=O)OCCC(C)CCCC(C)(C)c1cc(O)ccc1O. The number of aromatic hydroxyl groups is 2. The highest BCUT2D eigenvalue weighted by atomic mass is 16.5. The Kier molecular flexibility index (Phi) is 7.83. The molecule has 0 radical (unpaired) electrons. The summed E-state index contributed by atoms with van der Waals surface area (Å²) in [5.41, 5.74) is 0.566. The number of ether oxygens (including phenoxy) is 1. The molecule has 1 rings (SSSR count). The number of hydrogen-bond acceptors (Lipinski definition) is 4. The first kappa shape index (κ1) is 20.1. The molecular formula is C20H30O4. The van der Waals surface area contributed by atoms with Crippen molar-refractivity contribution in [1.82, 2.24) is 0 Å². The average molecular weight is 334 g/mol. The molecule has 1 aromatic rings. The van der Waals surface area contributed by atoms with E-state index in [0.29, 0.717) is 12.5 Å². The maximum absolute atomic E-state index is 11.2. The molecule has 0 saturated heterocycles. The van der Waals surface area contributed by atoms with Crippen molar-refractivity contribution < 1.29 is 19.7 Å². The Bertz CT molecular complexity index is 561. The zero-order chi connectivity index (χ0) is 18.2. The van der Waals surface area contributed by atoms with E-state index >= 15 is 0 Å². The molecule has 0 bridgehead atoms. The average Bonchev–Trinajstić information content (AvgIpc) is 2.49. The number of esters is 1. The Morgan fingerprint density at radius 3 is 2.67 bits per heavy atom. The van der Waals surface area contributed by atoms with Gasteiger partial charge in [-0.1, -0.05) is 39.7 Å². The van der Waals surface area contributed by atoms with Crippen molar-refractivity contribution in [3.05, 3.63) is 35.9 Å². The van der Waals surface area contributed by atoms with E-state index in [0.717, 1.165) is 31.2 Å². The Labute approximate surface area is 145 Å². The minimum absolute atomic E-state index is 0.173. The Morgan fingerprint density at radius 1 is 1.29 bits per heavy atom. The molecule has 0 heterocycles. The van der Waals surface area contributed by atoms with Crippen LogP contribution in [0.4, 0.5) is 0 Å². The molecule has 0 amide bonds. The van der Waals surface area contributed by atoms with E-state index < -0.39 is 0 Å². The number of phenolic OH excluding ortho intramolecular Hbond substituents is 2. The fourth-order valence-electron chi connectivity index (χ4n) is 2.78. The highest BCUT2D eigenvalue weighted by Gasteiger charge is 2.24. The number of carbonyl (C=O) groups is 1. The molecular weight excluding hydrogens is 304 g/mol. The van der Waals surface area contributed by atoms with Crippen molar-refractivity contribution >= 4 is 5.97 Å². The van der Waals surface area contributed by atoms with Gasteiger partial charge >= 0.3 is 5.97 Å². The van der Waals surface area contributed by atoms with Gasteiger partial charge in [0, 0.05) is 11.6 Å². The molecule has 1 unspecified atom stereocenters. The predicted molar refractivity (Wildman–Crippen MR) is 96.2 cm³/mol. The summed E-state index contributed by atoms with van der Waals surface area (Å²) in [7, 11) is 0. The Balaban J connectivity index is 2.40. The van der Waals surface area contributed by atoms with Gasteiger partial charge in [-0.15, -0.1) is 0 Å². The summed E-state index contributed by atoms with van der Waals surface area (Å²) in [6.07, 6.45) is 6.89. The van der Waals surface area contributed by atoms with Crippen molar-refractivity contribution in [3.63, 3.8) is 0 Å². The summed E-state index contributed by atoms with van der Waals surface area (Å²) in [6, 6.07) is 4.67. The van der Waals surface area contributed by atoms with Gasteiger partial charge < -0.3 is 14.9 Å². The van der Waals surface area contributed by atoms with Crippen molar-refractivity contribution in [2.45, 2.75) is 58.8 Å². The molecule has 0 aliphatic heterocycles. The van der Waals surface area contributed by atoms with E-state index in [1.807, 2.05) is 0 Å². The molecule has 1 aromatic carbocycles. The molecule has 0 aromatic heterocycles. The fraction of sp³-hybridized carbons (Fsp3) is 0.550. The molecule has 0 saturated carbocycles. The van der Waals surface area contributed by atoms with Crippen molar-refractivity contribution in [3.8, 4) is 11.5 Å². The largest absolute Gasteiger partial charge is 0.508 e. The summed E-state index contributed by atoms with van der Waals surface area (Å²) < 4.78 is 5.11. The second-order valence-corrected chi connectivity index (χ2v) is 7.04. The molecule has 0 aliphatic rings. The number of allylic oxidation sites excluding steroid dienone is 1. The summed E-state index contributed by atoms with van der Waals surface area (Å²) in [5.74, 6) is 0.580. The molecule has 4 heteroatoms. The van der Waals surface area contributed by atoms with E-state index in [1.54, 1.807) is 19.1 Å². The van der Waals surface area contributed by atoms with Gasteiger partial charge in [-0.25, -0.2) is 4.79 Å². The molecule has 0 spiro atoms. The number of rotatable bonds is 9. The van der Waals surface area contributed by atoms with Crippen LogP contribution in [-0.2, 0) is 14.9 Å². The minimum atomic E-state index is -0.287. The Morgan fingerprint density at radius 2 is 2.00 bits per heavy atom. The highest BCUT2D eigenvalue weighted by Crippen LogP contribution is 2.37. The summed E-state index contributed by atoms with van der Waals surface area (Å²) in [4.78, 5) is 11.2. The number of benzene rings is 1. The van der Waals surface area contributed by atoms with Crippen LogP contribution in [0.25, 0.3) is 0 Å². The van der Waals surface area contributed by atoms with Crippen molar-refractivity contribution in [2.75, 3.05) is 6.61 Å². The maximum Gasteiger partial charge on any atom is 0.330 e. The van der Waals surface area contributed by atoms with E-state index in [1.165, 1.54) is 18.2 Å². The van der Waals surface area contributed by atoms with Crippen LogP contribution in [0.1, 0.15) is 58.9 Å². The standard InChI is InChI=1S/C20H30O4/c1-5-7-19(23)24-13-11-15(2)8-6-12-20(3,4)17-14-16(21)9-10-18(17)22/h5,7,9-10,14-15,21-22H,6,8,11-13H2,1-4H3/b7-5+. The second-order valence-electron chi connectivity index (χ2n) is 7.04. The molecule has 2 N–H and O–H groups in total. The van der Waals surface area contributed by atoms with Gasteiger partial charge in [0.25, 0.3) is 0 Å². The van der Waals surface area contributed by atoms with E-state index in [-0.39, 0.29) is 22.9 Å². The molecule has 134 valence electrons. The van der Waals surface area contributed by atoms with E-state index in [9.17, 15) is 15.0 Å².